The van der Waals surface area contributed by atoms with Crippen LogP contribution in [0.4, 0.5) is 0 Å². The Kier molecular flexibility index (Phi) is 2.42. The Morgan fingerprint density at radius 3 is 2.47 bits per heavy atom. The third-order valence-electron chi connectivity index (χ3n) is 2.59. The van der Waals surface area contributed by atoms with Crippen LogP contribution in [-0.2, 0) is 0 Å². The predicted molar refractivity (Wildman–Crippen MR) is 60.6 cm³/mol. The van der Waals surface area contributed by atoms with Crippen molar-refractivity contribution in [3.8, 4) is 5.75 Å². The molecule has 0 saturated carbocycles. The zero-order chi connectivity index (χ0) is 10.8. The van der Waals surface area contributed by atoms with Crippen molar-refractivity contribution in [2.24, 2.45) is 0 Å². The van der Waals surface area contributed by atoms with Gasteiger partial charge in [0.05, 0.1) is 12.7 Å². The molecule has 2 aromatic carbocycles. The minimum Gasteiger partial charge on any atom is -0.496 e. The molecular formula is C13H12O2. The average molecular weight is 200 g/mol. The standard InChI is InChI=1S/C13H12O2/c1-9-7-13(15-2)12(8-14)11-6-4-3-5-10(9)11/h3-8H,1-2H3. The molecule has 0 radical (unpaired) electrons. The Labute approximate surface area is 88.5 Å². The van der Waals surface area contributed by atoms with E-state index in [1.807, 2.05) is 37.3 Å². The molecule has 2 heteroatoms. The van der Waals surface area contributed by atoms with Crippen LogP contribution in [0.3, 0.4) is 0 Å². The van der Waals surface area contributed by atoms with Crippen molar-refractivity contribution in [3.05, 3.63) is 41.5 Å². The molecule has 0 spiro atoms. The molecule has 15 heavy (non-hydrogen) atoms. The van der Waals surface area contributed by atoms with Gasteiger partial charge >= 0.3 is 0 Å². The fourth-order valence-corrected chi connectivity index (χ4v) is 1.84. The predicted octanol–water partition coefficient (Wildman–Crippen LogP) is 2.97. The van der Waals surface area contributed by atoms with E-state index in [0.717, 1.165) is 22.6 Å². The van der Waals surface area contributed by atoms with Crippen LogP contribution in [0.25, 0.3) is 10.8 Å². The topological polar surface area (TPSA) is 26.3 Å². The van der Waals surface area contributed by atoms with Gasteiger partial charge in [-0.1, -0.05) is 24.3 Å². The van der Waals surface area contributed by atoms with Crippen LogP contribution >= 0.6 is 0 Å². The smallest absolute Gasteiger partial charge is 0.154 e. The van der Waals surface area contributed by atoms with Crippen molar-refractivity contribution in [2.75, 3.05) is 7.11 Å². The Bertz CT molecular complexity index is 515. The highest BCUT2D eigenvalue weighted by Gasteiger charge is 2.09. The molecule has 0 aromatic heterocycles. The third-order valence-corrected chi connectivity index (χ3v) is 2.59. The summed E-state index contributed by atoms with van der Waals surface area (Å²) in [7, 11) is 1.58. The van der Waals surface area contributed by atoms with Gasteiger partial charge in [-0.15, -0.1) is 0 Å². The van der Waals surface area contributed by atoms with Crippen LogP contribution in [0.5, 0.6) is 5.75 Å². The van der Waals surface area contributed by atoms with Crippen LogP contribution in [0.1, 0.15) is 15.9 Å². The van der Waals surface area contributed by atoms with Crippen LogP contribution in [-0.4, -0.2) is 13.4 Å². The summed E-state index contributed by atoms with van der Waals surface area (Å²) < 4.78 is 5.19. The lowest BCUT2D eigenvalue weighted by Gasteiger charge is -2.09. The van der Waals surface area contributed by atoms with Gasteiger partial charge in [-0.05, 0) is 29.3 Å². The fourth-order valence-electron chi connectivity index (χ4n) is 1.84. The zero-order valence-corrected chi connectivity index (χ0v) is 8.78. The highest BCUT2D eigenvalue weighted by molar-refractivity contribution is 6.02. The zero-order valence-electron chi connectivity index (χ0n) is 8.78. The van der Waals surface area contributed by atoms with E-state index in [2.05, 4.69) is 0 Å². The SMILES string of the molecule is COc1cc(C)c2ccccc2c1C=O. The van der Waals surface area contributed by atoms with Crippen LogP contribution in [0.2, 0.25) is 0 Å². The Balaban J connectivity index is 2.91. The molecule has 0 amide bonds. The van der Waals surface area contributed by atoms with Gasteiger partial charge in [-0.3, -0.25) is 4.79 Å². The van der Waals surface area contributed by atoms with Gasteiger partial charge < -0.3 is 4.74 Å². The Morgan fingerprint density at radius 2 is 1.87 bits per heavy atom. The number of fused-ring (bicyclic) bond motifs is 1. The van der Waals surface area contributed by atoms with E-state index in [4.69, 9.17) is 4.74 Å². The number of hydrogen-bond acceptors (Lipinski definition) is 2. The van der Waals surface area contributed by atoms with Gasteiger partial charge in [0.1, 0.15) is 5.75 Å². The monoisotopic (exact) mass is 200 g/mol. The minimum atomic E-state index is 0.624. The Morgan fingerprint density at radius 1 is 1.20 bits per heavy atom. The second-order valence-electron chi connectivity index (χ2n) is 3.47. The molecular weight excluding hydrogens is 188 g/mol. The number of carbonyl (C=O) groups is 1. The molecule has 2 rings (SSSR count). The quantitative estimate of drug-likeness (QED) is 0.696. The number of benzene rings is 2. The molecule has 76 valence electrons. The number of methoxy groups -OCH3 is 1. The number of aldehydes is 1. The van der Waals surface area contributed by atoms with E-state index in [1.54, 1.807) is 7.11 Å². The second kappa shape index (κ2) is 3.73. The normalized spacial score (nSPS) is 10.3. The first-order valence-electron chi connectivity index (χ1n) is 4.79. The largest absolute Gasteiger partial charge is 0.496 e. The number of ether oxygens (including phenoxy) is 1. The lowest BCUT2D eigenvalue weighted by molar-refractivity contribution is 0.112. The number of aryl methyl sites for hydroxylation is 1. The highest BCUT2D eigenvalue weighted by atomic mass is 16.5. The number of carbonyl (C=O) groups excluding carboxylic acids is 1. The molecule has 0 unspecified atom stereocenters. The van der Waals surface area contributed by atoms with Crippen LogP contribution < -0.4 is 4.74 Å². The molecule has 2 nitrogen and oxygen atoms in total. The van der Waals surface area contributed by atoms with Gasteiger partial charge in [-0.2, -0.15) is 0 Å². The van der Waals surface area contributed by atoms with Crippen molar-refractivity contribution >= 4 is 17.1 Å². The van der Waals surface area contributed by atoms with E-state index < -0.39 is 0 Å². The fraction of sp³-hybridized carbons (Fsp3) is 0.154. The first-order valence-corrected chi connectivity index (χ1v) is 4.79. The molecule has 0 aliphatic rings. The molecule has 2 aromatic rings. The molecule has 0 heterocycles. The van der Waals surface area contributed by atoms with Crippen molar-refractivity contribution < 1.29 is 9.53 Å². The molecule has 0 aliphatic carbocycles. The summed E-state index contributed by atoms with van der Waals surface area (Å²) in [5.74, 6) is 0.640. The molecule has 0 fully saturated rings. The Hall–Kier alpha value is -1.83. The maximum atomic E-state index is 11.0. The maximum absolute atomic E-state index is 11.0. The molecule has 0 atom stereocenters. The highest BCUT2D eigenvalue weighted by Crippen LogP contribution is 2.29. The lowest BCUT2D eigenvalue weighted by atomic mass is 10.00. The van der Waals surface area contributed by atoms with Gasteiger partial charge in [-0.25, -0.2) is 0 Å². The summed E-state index contributed by atoms with van der Waals surface area (Å²) in [6, 6.07) is 9.74. The summed E-state index contributed by atoms with van der Waals surface area (Å²) in [6.45, 7) is 2.01. The van der Waals surface area contributed by atoms with Crippen molar-refractivity contribution in [1.29, 1.82) is 0 Å². The van der Waals surface area contributed by atoms with E-state index in [1.165, 1.54) is 0 Å². The van der Waals surface area contributed by atoms with E-state index in [9.17, 15) is 4.79 Å². The van der Waals surface area contributed by atoms with Gasteiger partial charge in [0.15, 0.2) is 6.29 Å². The second-order valence-corrected chi connectivity index (χ2v) is 3.47. The summed E-state index contributed by atoms with van der Waals surface area (Å²) in [4.78, 5) is 11.0. The van der Waals surface area contributed by atoms with E-state index in [0.29, 0.717) is 11.3 Å². The first kappa shape index (κ1) is 9.71. The van der Waals surface area contributed by atoms with Crippen LogP contribution in [0.15, 0.2) is 30.3 Å². The minimum absolute atomic E-state index is 0.624. The summed E-state index contributed by atoms with van der Waals surface area (Å²) in [5.41, 5.74) is 1.74. The van der Waals surface area contributed by atoms with Crippen LogP contribution in [0, 0.1) is 6.92 Å². The molecule has 0 bridgehead atoms. The number of rotatable bonds is 2. The summed E-state index contributed by atoms with van der Waals surface area (Å²) in [6.07, 6.45) is 0.848. The molecule has 0 aliphatic heterocycles. The molecule has 0 saturated heterocycles. The third kappa shape index (κ3) is 1.48. The van der Waals surface area contributed by atoms with Crippen molar-refractivity contribution in [3.63, 3.8) is 0 Å². The van der Waals surface area contributed by atoms with Gasteiger partial charge in [0.25, 0.3) is 0 Å². The summed E-state index contributed by atoms with van der Waals surface area (Å²) in [5, 5.41) is 2.05. The number of hydrogen-bond donors (Lipinski definition) is 0. The first-order chi connectivity index (χ1) is 7.27. The average Bonchev–Trinajstić information content (AvgIpc) is 2.29. The summed E-state index contributed by atoms with van der Waals surface area (Å²) >= 11 is 0. The maximum Gasteiger partial charge on any atom is 0.154 e. The van der Waals surface area contributed by atoms with Crippen molar-refractivity contribution in [1.82, 2.24) is 0 Å². The van der Waals surface area contributed by atoms with Gasteiger partial charge in [0.2, 0.25) is 0 Å². The van der Waals surface area contributed by atoms with E-state index in [-0.39, 0.29) is 0 Å². The van der Waals surface area contributed by atoms with Crippen molar-refractivity contribution in [2.45, 2.75) is 6.92 Å². The molecule has 0 N–H and O–H groups in total. The lowest BCUT2D eigenvalue weighted by Crippen LogP contribution is -1.93. The van der Waals surface area contributed by atoms with Gasteiger partial charge in [0, 0.05) is 0 Å². The van der Waals surface area contributed by atoms with E-state index >= 15 is 0 Å².